The summed E-state index contributed by atoms with van der Waals surface area (Å²) in [4.78, 5) is 18.5. The topological polar surface area (TPSA) is 99.3 Å². The van der Waals surface area contributed by atoms with Crippen LogP contribution in [0.25, 0.3) is 11.0 Å². The molecule has 2 aromatic carbocycles. The normalized spacial score (nSPS) is 11.6. The van der Waals surface area contributed by atoms with Gasteiger partial charge in [0.25, 0.3) is 0 Å². The van der Waals surface area contributed by atoms with Gasteiger partial charge in [-0.3, -0.25) is 0 Å². The van der Waals surface area contributed by atoms with Crippen molar-refractivity contribution < 1.29 is 27.8 Å². The third-order valence-corrected chi connectivity index (χ3v) is 3.96. The van der Waals surface area contributed by atoms with Gasteiger partial charge in [-0.15, -0.1) is 0 Å². The number of aromatic amines is 1. The molecule has 4 N–H and O–H groups in total. The van der Waals surface area contributed by atoms with Gasteiger partial charge in [0.1, 0.15) is 0 Å². The predicted octanol–water partition coefficient (Wildman–Crippen LogP) is 4.08. The summed E-state index contributed by atoms with van der Waals surface area (Å²) in [6.45, 7) is 0.765. The number of hydrogen-bond donors (Lipinski definition) is 4. The zero-order chi connectivity index (χ0) is 20.3. The number of anilines is 3. The van der Waals surface area contributed by atoms with Gasteiger partial charge in [0.05, 0.1) is 40.1 Å². The van der Waals surface area contributed by atoms with Crippen molar-refractivity contribution in [2.45, 2.75) is 6.18 Å². The number of nitrogens with one attached hydrogen (secondary N) is 3. The number of benzene rings is 2. The van der Waals surface area contributed by atoms with Crippen LogP contribution in [0, 0.1) is 0 Å². The van der Waals surface area contributed by atoms with Crippen LogP contribution in [0.1, 0.15) is 15.9 Å². The van der Waals surface area contributed by atoms with Gasteiger partial charge in [-0.25, -0.2) is 9.78 Å². The molecule has 3 rings (SSSR count). The monoisotopic (exact) mass is 394 g/mol. The van der Waals surface area contributed by atoms with E-state index in [9.17, 15) is 23.1 Å². The van der Waals surface area contributed by atoms with Crippen LogP contribution in [-0.2, 0) is 10.9 Å². The Bertz CT molecular complexity index is 1000. The van der Waals surface area contributed by atoms with Crippen LogP contribution in [0.3, 0.4) is 0 Å². The first-order chi connectivity index (χ1) is 13.3. The van der Waals surface area contributed by atoms with Gasteiger partial charge in [-0.2, -0.15) is 13.2 Å². The number of methoxy groups -OCH3 is 1. The Morgan fingerprint density at radius 2 is 2.00 bits per heavy atom. The second kappa shape index (κ2) is 7.77. The van der Waals surface area contributed by atoms with Crippen LogP contribution >= 0.6 is 0 Å². The van der Waals surface area contributed by atoms with Crippen molar-refractivity contribution >= 4 is 34.3 Å². The summed E-state index contributed by atoms with van der Waals surface area (Å²) in [5, 5.41) is 15.0. The van der Waals surface area contributed by atoms with E-state index in [1.54, 1.807) is 6.07 Å². The molecule has 0 aliphatic carbocycles. The molecule has 1 heterocycles. The van der Waals surface area contributed by atoms with E-state index in [0.717, 1.165) is 6.07 Å². The van der Waals surface area contributed by atoms with E-state index in [2.05, 4.69) is 20.6 Å². The van der Waals surface area contributed by atoms with E-state index in [-0.39, 0.29) is 17.2 Å². The molecule has 0 saturated carbocycles. The molecule has 0 radical (unpaired) electrons. The maximum Gasteiger partial charge on any atom is 0.418 e. The Balaban J connectivity index is 1.96. The molecule has 0 amide bonds. The minimum absolute atomic E-state index is 0.00246. The van der Waals surface area contributed by atoms with Gasteiger partial charge in [-0.1, -0.05) is 12.1 Å². The van der Waals surface area contributed by atoms with E-state index in [1.807, 2.05) is 0 Å². The second-order valence-corrected chi connectivity index (χ2v) is 5.89. The third kappa shape index (κ3) is 4.17. The van der Waals surface area contributed by atoms with Crippen molar-refractivity contribution in [1.82, 2.24) is 9.97 Å². The maximum absolute atomic E-state index is 13.1. The first-order valence-electron chi connectivity index (χ1n) is 8.22. The summed E-state index contributed by atoms with van der Waals surface area (Å²) >= 11 is 0. The highest BCUT2D eigenvalue weighted by Gasteiger charge is 2.33. The number of halogens is 3. The number of para-hydroxylation sites is 1. The van der Waals surface area contributed by atoms with Crippen LogP contribution in [0.4, 0.5) is 30.5 Å². The number of ether oxygens (including phenoxy) is 1. The van der Waals surface area contributed by atoms with Crippen molar-refractivity contribution in [2.75, 3.05) is 30.9 Å². The number of carboxylic acids is 1. The van der Waals surface area contributed by atoms with E-state index < -0.39 is 17.7 Å². The largest absolute Gasteiger partial charge is 0.478 e. The molecular weight excluding hydrogens is 377 g/mol. The molecule has 0 spiro atoms. The fourth-order valence-electron chi connectivity index (χ4n) is 2.69. The summed E-state index contributed by atoms with van der Waals surface area (Å²) in [6, 6.07) is 7.92. The summed E-state index contributed by atoms with van der Waals surface area (Å²) in [6.07, 6.45) is -4.52. The van der Waals surface area contributed by atoms with Crippen molar-refractivity contribution in [2.24, 2.45) is 0 Å². The van der Waals surface area contributed by atoms with Crippen molar-refractivity contribution in [3.8, 4) is 0 Å². The molecule has 1 aromatic heterocycles. The van der Waals surface area contributed by atoms with Crippen LogP contribution in [0.5, 0.6) is 0 Å². The number of fused-ring (bicyclic) bond motifs is 1. The number of aromatic carboxylic acids is 1. The van der Waals surface area contributed by atoms with Crippen LogP contribution < -0.4 is 10.6 Å². The average Bonchev–Trinajstić information content (AvgIpc) is 3.02. The van der Waals surface area contributed by atoms with Crippen LogP contribution in [0.2, 0.25) is 0 Å². The Kier molecular flexibility index (Phi) is 5.41. The third-order valence-electron chi connectivity index (χ3n) is 3.96. The first-order valence-corrected chi connectivity index (χ1v) is 8.22. The Morgan fingerprint density at radius 1 is 1.25 bits per heavy atom. The number of carboxylic acid groups (broad SMARTS) is 1. The molecular formula is C18H17F3N4O3. The van der Waals surface area contributed by atoms with Crippen LogP contribution in [-0.4, -0.2) is 41.3 Å². The molecule has 3 aromatic rings. The summed E-state index contributed by atoms with van der Waals surface area (Å²) in [7, 11) is 1.52. The molecule has 28 heavy (non-hydrogen) atoms. The highest BCUT2D eigenvalue weighted by molar-refractivity contribution is 5.99. The summed E-state index contributed by atoms with van der Waals surface area (Å²) < 4.78 is 44.4. The molecule has 0 bridgehead atoms. The number of H-pyrrole nitrogens is 1. The van der Waals surface area contributed by atoms with E-state index in [1.165, 1.54) is 31.4 Å². The van der Waals surface area contributed by atoms with Gasteiger partial charge < -0.3 is 25.5 Å². The Morgan fingerprint density at radius 3 is 2.68 bits per heavy atom. The smallest absolute Gasteiger partial charge is 0.418 e. The van der Waals surface area contributed by atoms with Crippen molar-refractivity contribution in [3.63, 3.8) is 0 Å². The SMILES string of the molecule is COCCNc1cc2[nH]c(Nc3ccccc3C(F)(F)F)nc2cc1C(=O)O. The fourth-order valence-corrected chi connectivity index (χ4v) is 2.69. The molecule has 10 heteroatoms. The minimum Gasteiger partial charge on any atom is -0.478 e. The summed E-state index contributed by atoms with van der Waals surface area (Å²) in [5.41, 5.74) is 0.133. The lowest BCUT2D eigenvalue weighted by molar-refractivity contribution is -0.136. The van der Waals surface area contributed by atoms with E-state index in [0.29, 0.717) is 29.9 Å². The van der Waals surface area contributed by atoms with Crippen molar-refractivity contribution in [1.29, 1.82) is 0 Å². The zero-order valence-electron chi connectivity index (χ0n) is 14.7. The molecule has 0 unspecified atom stereocenters. The number of carbonyl (C=O) groups is 1. The lowest BCUT2D eigenvalue weighted by atomic mass is 10.1. The van der Waals surface area contributed by atoms with E-state index >= 15 is 0 Å². The highest BCUT2D eigenvalue weighted by atomic mass is 19.4. The molecule has 0 saturated heterocycles. The van der Waals surface area contributed by atoms with Gasteiger partial charge in [-0.05, 0) is 24.3 Å². The Labute approximate surface area is 157 Å². The zero-order valence-corrected chi connectivity index (χ0v) is 14.7. The lowest BCUT2D eigenvalue weighted by Gasteiger charge is -2.12. The first kappa shape index (κ1) is 19.5. The molecule has 0 aliphatic heterocycles. The van der Waals surface area contributed by atoms with Gasteiger partial charge in [0.2, 0.25) is 5.95 Å². The molecule has 0 atom stereocenters. The van der Waals surface area contributed by atoms with Gasteiger partial charge in [0, 0.05) is 13.7 Å². The second-order valence-electron chi connectivity index (χ2n) is 5.89. The van der Waals surface area contributed by atoms with Crippen molar-refractivity contribution in [3.05, 3.63) is 47.5 Å². The molecule has 148 valence electrons. The van der Waals surface area contributed by atoms with E-state index in [4.69, 9.17) is 4.74 Å². The minimum atomic E-state index is -4.52. The van der Waals surface area contributed by atoms with Gasteiger partial charge in [0.15, 0.2) is 0 Å². The summed E-state index contributed by atoms with van der Waals surface area (Å²) in [5.74, 6) is -1.08. The number of aromatic nitrogens is 2. The number of hydrogen-bond acceptors (Lipinski definition) is 5. The lowest BCUT2D eigenvalue weighted by Crippen LogP contribution is -2.11. The maximum atomic E-state index is 13.1. The quantitative estimate of drug-likeness (QED) is 0.451. The molecule has 0 aliphatic rings. The molecule has 7 nitrogen and oxygen atoms in total. The molecule has 0 fully saturated rings. The van der Waals surface area contributed by atoms with Gasteiger partial charge >= 0.3 is 12.1 Å². The average molecular weight is 394 g/mol. The predicted molar refractivity (Wildman–Crippen MR) is 98.1 cm³/mol. The number of rotatable bonds is 7. The fraction of sp³-hybridized carbons (Fsp3) is 0.222. The number of imidazole rings is 1. The number of nitrogens with zero attached hydrogens (tertiary/aromatic N) is 1. The Hall–Kier alpha value is -3.27. The van der Waals surface area contributed by atoms with Crippen LogP contribution in [0.15, 0.2) is 36.4 Å². The number of alkyl halides is 3. The standard InChI is InChI=1S/C18H17F3N4O3/c1-28-7-6-22-13-9-15-14(8-10(13)16(26)27)24-17(25-15)23-12-5-3-2-4-11(12)18(19,20)21/h2-5,8-9,22H,6-7H2,1H3,(H,26,27)(H2,23,24,25). The highest BCUT2D eigenvalue weighted by Crippen LogP contribution is 2.36.